The molecule has 4 bridgehead atoms. The topological polar surface area (TPSA) is 34.1 Å². The van der Waals surface area contributed by atoms with Crippen LogP contribution in [0.25, 0.3) is 0 Å². The Labute approximate surface area is 106 Å². The molecular formula is C12H17BrO2S. The molecule has 4 aliphatic rings. The van der Waals surface area contributed by atoms with Crippen molar-refractivity contribution in [3.05, 3.63) is 11.0 Å². The van der Waals surface area contributed by atoms with Crippen molar-refractivity contribution in [1.82, 2.24) is 0 Å². The molecule has 0 aliphatic heterocycles. The molecule has 0 radical (unpaired) electrons. The highest BCUT2D eigenvalue weighted by molar-refractivity contribution is 9.10. The third kappa shape index (κ3) is 1.88. The van der Waals surface area contributed by atoms with Gasteiger partial charge in [-0.25, -0.2) is 8.42 Å². The van der Waals surface area contributed by atoms with Crippen molar-refractivity contribution in [1.29, 1.82) is 0 Å². The summed E-state index contributed by atoms with van der Waals surface area (Å²) in [6.45, 7) is 0. The highest BCUT2D eigenvalue weighted by Gasteiger charge is 2.45. The van der Waals surface area contributed by atoms with E-state index in [1.165, 1.54) is 37.7 Å². The zero-order chi connectivity index (χ0) is 11.3. The minimum atomic E-state index is -3.01. The molecule has 4 aliphatic carbocycles. The third-order valence-corrected chi connectivity index (χ3v) is 7.40. The lowest BCUT2D eigenvalue weighted by atomic mass is 9.54. The molecule has 4 saturated carbocycles. The minimum Gasteiger partial charge on any atom is -0.223 e. The standard InChI is InChI=1S/C12H17BrO2S/c13-7-16(14,15)6-12-10-2-8-1-9(4-10)5-11(12)3-8/h6,8-11H,1-5,7H2. The average Bonchev–Trinajstić information content (AvgIpc) is 2.22. The molecule has 90 valence electrons. The van der Waals surface area contributed by atoms with Gasteiger partial charge < -0.3 is 0 Å². The number of halogens is 1. The predicted molar refractivity (Wildman–Crippen MR) is 67.8 cm³/mol. The Morgan fingerprint density at radius 3 is 2.00 bits per heavy atom. The minimum absolute atomic E-state index is 0.0653. The van der Waals surface area contributed by atoms with Gasteiger partial charge in [-0.3, -0.25) is 0 Å². The van der Waals surface area contributed by atoms with E-state index in [9.17, 15) is 8.42 Å². The van der Waals surface area contributed by atoms with Crippen LogP contribution in [0.2, 0.25) is 0 Å². The Kier molecular flexibility index (Phi) is 2.70. The smallest absolute Gasteiger partial charge is 0.181 e. The number of hydrogen-bond acceptors (Lipinski definition) is 2. The summed E-state index contributed by atoms with van der Waals surface area (Å²) in [5, 5.41) is 1.59. The van der Waals surface area contributed by atoms with Crippen molar-refractivity contribution in [3.63, 3.8) is 0 Å². The molecule has 4 rings (SSSR count). The fourth-order valence-electron chi connectivity index (χ4n) is 4.16. The van der Waals surface area contributed by atoms with Crippen molar-refractivity contribution in [2.75, 3.05) is 4.66 Å². The highest BCUT2D eigenvalue weighted by Crippen LogP contribution is 2.56. The van der Waals surface area contributed by atoms with Crippen LogP contribution in [0, 0.1) is 23.7 Å². The van der Waals surface area contributed by atoms with Crippen LogP contribution in [-0.4, -0.2) is 13.1 Å². The first-order valence-electron chi connectivity index (χ1n) is 6.07. The van der Waals surface area contributed by atoms with Gasteiger partial charge in [-0.15, -0.1) is 0 Å². The Bertz CT molecular complexity index is 394. The number of hydrogen-bond donors (Lipinski definition) is 0. The molecule has 0 aromatic heterocycles. The zero-order valence-electron chi connectivity index (χ0n) is 9.23. The van der Waals surface area contributed by atoms with Gasteiger partial charge >= 0.3 is 0 Å². The first kappa shape index (κ1) is 11.3. The quantitative estimate of drug-likeness (QED) is 0.735. The maximum atomic E-state index is 11.7. The molecule has 0 atom stereocenters. The Morgan fingerprint density at radius 1 is 1.06 bits per heavy atom. The van der Waals surface area contributed by atoms with Crippen molar-refractivity contribution in [2.24, 2.45) is 23.7 Å². The predicted octanol–water partition coefficient (Wildman–Crippen LogP) is 3.09. The van der Waals surface area contributed by atoms with Crippen molar-refractivity contribution in [3.8, 4) is 0 Å². The lowest BCUT2D eigenvalue weighted by Crippen LogP contribution is -2.40. The number of rotatable bonds is 2. The van der Waals surface area contributed by atoms with Gasteiger partial charge in [0, 0.05) is 5.41 Å². The molecule has 4 heteroatoms. The van der Waals surface area contributed by atoms with Crippen LogP contribution in [0.4, 0.5) is 0 Å². The van der Waals surface area contributed by atoms with Crippen molar-refractivity contribution >= 4 is 25.8 Å². The Morgan fingerprint density at radius 2 is 1.56 bits per heavy atom. The van der Waals surface area contributed by atoms with E-state index in [0.29, 0.717) is 11.8 Å². The normalized spacial score (nSPS) is 41.4. The number of sulfone groups is 1. The molecule has 0 amide bonds. The zero-order valence-corrected chi connectivity index (χ0v) is 11.6. The molecular weight excluding hydrogens is 288 g/mol. The fourth-order valence-corrected chi connectivity index (χ4v) is 5.42. The van der Waals surface area contributed by atoms with Gasteiger partial charge in [-0.05, 0) is 55.8 Å². The van der Waals surface area contributed by atoms with E-state index in [-0.39, 0.29) is 4.66 Å². The molecule has 0 N–H and O–H groups in total. The summed E-state index contributed by atoms with van der Waals surface area (Å²) in [4.78, 5) is 0. The van der Waals surface area contributed by atoms with E-state index in [1.807, 2.05) is 0 Å². The van der Waals surface area contributed by atoms with Gasteiger partial charge in [0.25, 0.3) is 0 Å². The Balaban J connectivity index is 1.92. The Hall–Kier alpha value is 0.170. The average molecular weight is 305 g/mol. The maximum Gasteiger partial charge on any atom is 0.181 e. The molecule has 2 nitrogen and oxygen atoms in total. The third-order valence-electron chi connectivity index (χ3n) is 4.55. The van der Waals surface area contributed by atoms with E-state index in [0.717, 1.165) is 11.8 Å². The van der Waals surface area contributed by atoms with Crippen molar-refractivity contribution in [2.45, 2.75) is 32.1 Å². The molecule has 4 fully saturated rings. The van der Waals surface area contributed by atoms with Crippen LogP contribution in [0.15, 0.2) is 11.0 Å². The maximum absolute atomic E-state index is 11.7. The molecule has 0 saturated heterocycles. The van der Waals surface area contributed by atoms with Gasteiger partial charge in [0.2, 0.25) is 0 Å². The van der Waals surface area contributed by atoms with Gasteiger partial charge in [-0.2, -0.15) is 0 Å². The van der Waals surface area contributed by atoms with Crippen molar-refractivity contribution < 1.29 is 8.42 Å². The van der Waals surface area contributed by atoms with E-state index < -0.39 is 9.84 Å². The fraction of sp³-hybridized carbons (Fsp3) is 0.833. The van der Waals surface area contributed by atoms with Gasteiger partial charge in [-0.1, -0.05) is 21.5 Å². The summed E-state index contributed by atoms with van der Waals surface area (Å²) < 4.78 is 23.4. The lowest BCUT2D eigenvalue weighted by molar-refractivity contribution is 0.0700. The van der Waals surface area contributed by atoms with E-state index in [1.54, 1.807) is 5.41 Å². The summed E-state index contributed by atoms with van der Waals surface area (Å²) in [5.41, 5.74) is 1.26. The van der Waals surface area contributed by atoms with Gasteiger partial charge in [0.1, 0.15) is 4.66 Å². The van der Waals surface area contributed by atoms with E-state index >= 15 is 0 Å². The van der Waals surface area contributed by atoms with Gasteiger partial charge in [0.15, 0.2) is 9.84 Å². The molecule has 16 heavy (non-hydrogen) atoms. The second-order valence-electron chi connectivity index (χ2n) is 5.69. The monoisotopic (exact) mass is 304 g/mol. The molecule has 0 aromatic carbocycles. The largest absolute Gasteiger partial charge is 0.223 e. The number of alkyl halides is 1. The number of allylic oxidation sites excluding steroid dienone is 1. The second kappa shape index (κ2) is 3.84. The first-order chi connectivity index (χ1) is 7.57. The van der Waals surface area contributed by atoms with E-state index in [2.05, 4.69) is 15.9 Å². The molecule has 0 unspecified atom stereocenters. The van der Waals surface area contributed by atoms with Gasteiger partial charge in [0.05, 0.1) is 0 Å². The molecule has 0 heterocycles. The SMILES string of the molecule is O=S(=O)(C=C1C2CC3CC(C2)CC1C3)CBr. The molecule has 0 aromatic rings. The molecule has 0 spiro atoms. The lowest BCUT2D eigenvalue weighted by Gasteiger charge is -2.51. The van der Waals surface area contributed by atoms with Crippen LogP contribution in [-0.2, 0) is 9.84 Å². The summed E-state index contributed by atoms with van der Waals surface area (Å²) in [5.74, 6) is 2.97. The summed E-state index contributed by atoms with van der Waals surface area (Å²) in [6, 6.07) is 0. The first-order valence-corrected chi connectivity index (χ1v) is 8.91. The summed E-state index contributed by atoms with van der Waals surface area (Å²) >= 11 is 3.07. The van der Waals surface area contributed by atoms with Crippen LogP contribution in [0.5, 0.6) is 0 Å². The summed E-state index contributed by atoms with van der Waals surface area (Å²) in [6.07, 6.45) is 6.39. The second-order valence-corrected chi connectivity index (χ2v) is 8.85. The van der Waals surface area contributed by atoms with Crippen LogP contribution >= 0.6 is 15.9 Å². The van der Waals surface area contributed by atoms with Crippen LogP contribution < -0.4 is 0 Å². The van der Waals surface area contributed by atoms with Crippen LogP contribution in [0.3, 0.4) is 0 Å². The van der Waals surface area contributed by atoms with E-state index in [4.69, 9.17) is 0 Å². The summed E-state index contributed by atoms with van der Waals surface area (Å²) in [7, 11) is -3.01. The highest BCUT2D eigenvalue weighted by atomic mass is 79.9. The van der Waals surface area contributed by atoms with Crippen LogP contribution in [0.1, 0.15) is 32.1 Å².